The van der Waals surface area contributed by atoms with E-state index >= 15 is 0 Å². The fraction of sp³-hybridized carbons (Fsp3) is 0.364. The molecule has 0 saturated heterocycles. The summed E-state index contributed by atoms with van der Waals surface area (Å²) in [7, 11) is 0. The Morgan fingerprint density at radius 3 is 2.05 bits per heavy atom. The molecule has 0 unspecified atom stereocenters. The van der Waals surface area contributed by atoms with Gasteiger partial charge in [-0.3, -0.25) is 0 Å². The lowest BCUT2D eigenvalue weighted by Crippen LogP contribution is -2.46. The summed E-state index contributed by atoms with van der Waals surface area (Å²) >= 11 is 0. The van der Waals surface area contributed by atoms with Gasteiger partial charge in [0.05, 0.1) is 0 Å². The zero-order valence-corrected chi connectivity index (χ0v) is 9.84. The first-order chi connectivity index (χ1) is 8.94. The summed E-state index contributed by atoms with van der Waals surface area (Å²) in [5, 5.41) is 8.77. The van der Waals surface area contributed by atoms with Crippen molar-refractivity contribution in [3.05, 3.63) is 29.3 Å². The van der Waals surface area contributed by atoms with Gasteiger partial charge in [-0.2, -0.15) is 26.3 Å². The number of halogens is 6. The Morgan fingerprint density at radius 2 is 1.65 bits per heavy atom. The average molecular weight is 302 g/mol. The van der Waals surface area contributed by atoms with Gasteiger partial charge in [-0.05, 0) is 18.6 Å². The van der Waals surface area contributed by atoms with Crippen LogP contribution in [0.2, 0.25) is 0 Å². The first kappa shape index (κ1) is 16.1. The van der Waals surface area contributed by atoms with Crippen molar-refractivity contribution in [2.75, 3.05) is 0 Å². The topological polar surface area (TPSA) is 46.5 Å². The maximum Gasteiger partial charge on any atom is 0.434 e. The molecule has 1 rings (SSSR count). The van der Waals surface area contributed by atoms with Crippen molar-refractivity contribution in [1.29, 1.82) is 0 Å². The van der Waals surface area contributed by atoms with Gasteiger partial charge in [-0.1, -0.05) is 12.1 Å². The minimum atomic E-state index is -5.71. The molecule has 0 bridgehead atoms. The quantitative estimate of drug-likeness (QED) is 0.868. The van der Waals surface area contributed by atoms with Crippen LogP contribution in [0, 0.1) is 6.92 Å². The van der Waals surface area contributed by atoms with E-state index in [0.29, 0.717) is 0 Å². The van der Waals surface area contributed by atoms with Crippen LogP contribution in [0.1, 0.15) is 15.9 Å². The van der Waals surface area contributed by atoms with E-state index < -0.39 is 35.7 Å². The largest absolute Gasteiger partial charge is 0.478 e. The van der Waals surface area contributed by atoms with Gasteiger partial charge in [0.15, 0.2) is 0 Å². The molecule has 9 heteroatoms. The highest BCUT2D eigenvalue weighted by Gasteiger charge is 2.59. The van der Waals surface area contributed by atoms with Crippen LogP contribution in [-0.4, -0.2) is 29.5 Å². The highest BCUT2D eigenvalue weighted by molar-refractivity contribution is 5.91. The zero-order valence-electron chi connectivity index (χ0n) is 9.84. The van der Waals surface area contributed by atoms with Crippen molar-refractivity contribution in [2.45, 2.75) is 25.4 Å². The SMILES string of the molecule is Cc1cccc(C(=O)O)c1OC(C(F)(F)F)C(F)(F)F. The smallest absolute Gasteiger partial charge is 0.434 e. The fourth-order valence-electron chi connectivity index (χ4n) is 1.41. The van der Waals surface area contributed by atoms with Crippen LogP contribution in [-0.2, 0) is 0 Å². The molecule has 0 saturated carbocycles. The normalized spacial score (nSPS) is 12.6. The molecule has 0 aliphatic carbocycles. The number of rotatable bonds is 3. The van der Waals surface area contributed by atoms with Crippen LogP contribution in [0.15, 0.2) is 18.2 Å². The Kier molecular flexibility index (Phi) is 4.21. The summed E-state index contributed by atoms with van der Waals surface area (Å²) in [5.74, 6) is -2.65. The van der Waals surface area contributed by atoms with Crippen molar-refractivity contribution in [1.82, 2.24) is 0 Å². The van der Waals surface area contributed by atoms with Crippen molar-refractivity contribution < 1.29 is 41.0 Å². The van der Waals surface area contributed by atoms with Gasteiger partial charge < -0.3 is 9.84 Å². The molecule has 0 amide bonds. The molecule has 0 heterocycles. The second kappa shape index (κ2) is 5.22. The molecular formula is C11H8F6O3. The van der Waals surface area contributed by atoms with Gasteiger partial charge in [0.25, 0.3) is 6.10 Å². The van der Waals surface area contributed by atoms with Gasteiger partial charge in [0.1, 0.15) is 11.3 Å². The lowest BCUT2D eigenvalue weighted by molar-refractivity contribution is -0.300. The van der Waals surface area contributed by atoms with Crippen molar-refractivity contribution in [3.63, 3.8) is 0 Å². The Morgan fingerprint density at radius 1 is 1.15 bits per heavy atom. The van der Waals surface area contributed by atoms with Crippen LogP contribution < -0.4 is 4.74 Å². The molecule has 20 heavy (non-hydrogen) atoms. The molecule has 1 aromatic carbocycles. The third kappa shape index (κ3) is 3.55. The van der Waals surface area contributed by atoms with E-state index in [9.17, 15) is 31.1 Å². The minimum Gasteiger partial charge on any atom is -0.478 e. The lowest BCUT2D eigenvalue weighted by Gasteiger charge is -2.25. The summed E-state index contributed by atoms with van der Waals surface area (Å²) < 4.78 is 78.2. The number of carbonyl (C=O) groups is 1. The standard InChI is InChI=1S/C11H8F6O3/c1-5-3-2-4-6(8(18)19)7(5)20-9(10(12,13)14)11(15,16)17/h2-4,9H,1H3,(H,18,19). The van der Waals surface area contributed by atoms with Crippen LogP contribution >= 0.6 is 0 Å². The Bertz CT molecular complexity index is 492. The molecule has 0 aliphatic rings. The van der Waals surface area contributed by atoms with Crippen molar-refractivity contribution >= 4 is 5.97 Å². The van der Waals surface area contributed by atoms with E-state index in [2.05, 4.69) is 4.74 Å². The molecule has 0 radical (unpaired) electrons. The van der Waals surface area contributed by atoms with Crippen LogP contribution in [0.25, 0.3) is 0 Å². The molecule has 3 nitrogen and oxygen atoms in total. The van der Waals surface area contributed by atoms with Crippen molar-refractivity contribution in [2.24, 2.45) is 0 Å². The summed E-state index contributed by atoms with van der Waals surface area (Å²) in [6.07, 6.45) is -15.5. The van der Waals surface area contributed by atoms with Gasteiger partial charge in [-0.15, -0.1) is 0 Å². The van der Waals surface area contributed by atoms with E-state index in [0.717, 1.165) is 19.1 Å². The van der Waals surface area contributed by atoms with Crippen LogP contribution in [0.3, 0.4) is 0 Å². The van der Waals surface area contributed by atoms with E-state index in [1.165, 1.54) is 6.07 Å². The first-order valence-corrected chi connectivity index (χ1v) is 5.07. The number of carboxylic acid groups (broad SMARTS) is 1. The predicted molar refractivity (Wildman–Crippen MR) is 54.7 cm³/mol. The van der Waals surface area contributed by atoms with E-state index in [1.54, 1.807) is 0 Å². The Hall–Kier alpha value is -1.93. The second-order valence-electron chi connectivity index (χ2n) is 3.84. The molecule has 1 aromatic rings. The molecule has 0 aliphatic heterocycles. The minimum absolute atomic E-state index is 0.150. The van der Waals surface area contributed by atoms with Gasteiger partial charge in [0.2, 0.25) is 0 Å². The summed E-state index contributed by atoms with van der Waals surface area (Å²) in [6.45, 7) is 1.14. The van der Waals surface area contributed by atoms with Gasteiger partial charge >= 0.3 is 18.3 Å². The third-order valence-corrected chi connectivity index (χ3v) is 2.27. The number of carboxylic acids is 1. The molecule has 0 spiro atoms. The molecule has 0 fully saturated rings. The van der Waals surface area contributed by atoms with E-state index in [-0.39, 0.29) is 5.56 Å². The number of aromatic carboxylic acids is 1. The number of alkyl halides is 6. The second-order valence-corrected chi connectivity index (χ2v) is 3.84. The zero-order chi connectivity index (χ0) is 15.7. The Labute approximate surface area is 108 Å². The number of para-hydroxylation sites is 1. The number of hydrogen-bond donors (Lipinski definition) is 1. The number of ether oxygens (including phenoxy) is 1. The summed E-state index contributed by atoms with van der Waals surface area (Å²) in [6, 6.07) is 3.18. The molecular weight excluding hydrogens is 294 g/mol. The average Bonchev–Trinajstić information content (AvgIpc) is 2.23. The maximum atomic E-state index is 12.4. The predicted octanol–water partition coefficient (Wildman–Crippen LogP) is 3.57. The fourth-order valence-corrected chi connectivity index (χ4v) is 1.41. The van der Waals surface area contributed by atoms with E-state index in [4.69, 9.17) is 5.11 Å². The number of aryl methyl sites for hydroxylation is 1. The van der Waals surface area contributed by atoms with E-state index in [1.807, 2.05) is 0 Å². The van der Waals surface area contributed by atoms with Gasteiger partial charge in [0, 0.05) is 0 Å². The molecule has 1 N–H and O–H groups in total. The van der Waals surface area contributed by atoms with Crippen LogP contribution in [0.4, 0.5) is 26.3 Å². The first-order valence-electron chi connectivity index (χ1n) is 5.07. The number of benzene rings is 1. The summed E-state index contributed by atoms with van der Waals surface area (Å²) in [5.41, 5.74) is -0.924. The summed E-state index contributed by atoms with van der Waals surface area (Å²) in [4.78, 5) is 10.8. The van der Waals surface area contributed by atoms with Crippen molar-refractivity contribution in [3.8, 4) is 5.75 Å². The molecule has 0 aromatic heterocycles. The monoisotopic (exact) mass is 302 g/mol. The number of hydrogen-bond acceptors (Lipinski definition) is 2. The highest BCUT2D eigenvalue weighted by Crippen LogP contribution is 2.38. The van der Waals surface area contributed by atoms with Crippen LogP contribution in [0.5, 0.6) is 5.75 Å². The molecule has 112 valence electrons. The highest BCUT2D eigenvalue weighted by atomic mass is 19.4. The third-order valence-electron chi connectivity index (χ3n) is 2.27. The Balaban J connectivity index is 3.29. The lowest BCUT2D eigenvalue weighted by atomic mass is 10.1. The maximum absolute atomic E-state index is 12.4. The van der Waals surface area contributed by atoms with Gasteiger partial charge in [-0.25, -0.2) is 4.79 Å². The molecule has 0 atom stereocenters.